The molecule has 0 bridgehead atoms. The van der Waals surface area contributed by atoms with Gasteiger partial charge in [-0.25, -0.2) is 9.69 Å². The zero-order valence-corrected chi connectivity index (χ0v) is 20.5. The maximum atomic E-state index is 13.2. The minimum atomic E-state index is -0.861. The minimum absolute atomic E-state index is 0.248. The number of benzene rings is 3. The number of carbonyl (C=O) groups excluding carboxylic acids is 4. The average Bonchev–Trinajstić information content (AvgIpc) is 2.90. The first kappa shape index (κ1) is 26.0. The Morgan fingerprint density at radius 3 is 2.34 bits per heavy atom. The van der Waals surface area contributed by atoms with Crippen molar-refractivity contribution in [2.45, 2.75) is 13.5 Å². The van der Waals surface area contributed by atoms with E-state index in [4.69, 9.17) is 19.9 Å². The van der Waals surface area contributed by atoms with Gasteiger partial charge in [0, 0.05) is 0 Å². The third-order valence-corrected chi connectivity index (χ3v) is 5.39. The third-order valence-electron chi connectivity index (χ3n) is 5.39. The van der Waals surface area contributed by atoms with Crippen molar-refractivity contribution in [3.63, 3.8) is 0 Å². The highest BCUT2D eigenvalue weighted by Gasteiger charge is 2.36. The first-order valence-corrected chi connectivity index (χ1v) is 11.7. The number of hydrogen-bond donors (Lipinski definition) is 2. The molecular formula is C28H25N3O7. The van der Waals surface area contributed by atoms with Crippen LogP contribution in [0.5, 0.6) is 17.2 Å². The Morgan fingerprint density at radius 1 is 0.921 bits per heavy atom. The van der Waals surface area contributed by atoms with Crippen LogP contribution >= 0.6 is 0 Å². The maximum absolute atomic E-state index is 13.2. The fraction of sp³-hybridized carbons (Fsp3) is 0.143. The van der Waals surface area contributed by atoms with Gasteiger partial charge >= 0.3 is 6.03 Å². The van der Waals surface area contributed by atoms with Crippen LogP contribution in [-0.2, 0) is 21.0 Å². The van der Waals surface area contributed by atoms with E-state index >= 15 is 0 Å². The normalized spacial score (nSPS) is 14.3. The monoisotopic (exact) mass is 515 g/mol. The Kier molecular flexibility index (Phi) is 8.02. The predicted octanol–water partition coefficient (Wildman–Crippen LogP) is 3.19. The molecule has 10 heteroatoms. The number of ether oxygens (including phenoxy) is 3. The molecule has 194 valence electrons. The molecule has 3 aromatic carbocycles. The molecule has 10 nitrogen and oxygen atoms in total. The van der Waals surface area contributed by atoms with Gasteiger partial charge in [-0.05, 0) is 60.5 Å². The second-order valence-electron chi connectivity index (χ2n) is 8.12. The van der Waals surface area contributed by atoms with Crippen LogP contribution < -0.4 is 30.2 Å². The molecule has 3 aromatic rings. The smallest absolute Gasteiger partial charge is 0.335 e. The van der Waals surface area contributed by atoms with Gasteiger partial charge in [0.2, 0.25) is 0 Å². The van der Waals surface area contributed by atoms with Crippen LogP contribution in [0.1, 0.15) is 18.1 Å². The van der Waals surface area contributed by atoms with Gasteiger partial charge in [-0.1, -0.05) is 36.4 Å². The van der Waals surface area contributed by atoms with Crippen LogP contribution in [0.25, 0.3) is 6.08 Å². The number of imide groups is 2. The van der Waals surface area contributed by atoms with Crippen LogP contribution in [-0.4, -0.2) is 37.0 Å². The van der Waals surface area contributed by atoms with E-state index in [1.165, 1.54) is 12.1 Å². The highest BCUT2D eigenvalue weighted by atomic mass is 16.5. The molecule has 1 aliphatic rings. The summed E-state index contributed by atoms with van der Waals surface area (Å²) in [5, 5.41) is 2.19. The van der Waals surface area contributed by atoms with Crippen molar-refractivity contribution in [1.82, 2.24) is 5.32 Å². The van der Waals surface area contributed by atoms with Crippen LogP contribution in [0.2, 0.25) is 0 Å². The Hall–Kier alpha value is -5.12. The molecule has 0 aromatic heterocycles. The van der Waals surface area contributed by atoms with E-state index in [1.54, 1.807) is 43.3 Å². The maximum Gasteiger partial charge on any atom is 0.335 e. The summed E-state index contributed by atoms with van der Waals surface area (Å²) in [5.41, 5.74) is 6.59. The lowest BCUT2D eigenvalue weighted by molar-refractivity contribution is -0.123. The van der Waals surface area contributed by atoms with E-state index in [-0.39, 0.29) is 23.6 Å². The number of hydrogen-bond acceptors (Lipinski definition) is 7. The van der Waals surface area contributed by atoms with Gasteiger partial charge in [-0.15, -0.1) is 0 Å². The van der Waals surface area contributed by atoms with E-state index in [9.17, 15) is 19.2 Å². The highest BCUT2D eigenvalue weighted by molar-refractivity contribution is 6.39. The van der Waals surface area contributed by atoms with Gasteiger partial charge in [-0.3, -0.25) is 19.7 Å². The van der Waals surface area contributed by atoms with E-state index in [0.29, 0.717) is 30.3 Å². The summed E-state index contributed by atoms with van der Waals surface area (Å²) in [5.74, 6) is -1.14. The molecule has 0 spiro atoms. The molecule has 1 fully saturated rings. The van der Waals surface area contributed by atoms with Gasteiger partial charge in [0.05, 0.1) is 12.3 Å². The van der Waals surface area contributed by atoms with Crippen molar-refractivity contribution in [3.05, 3.63) is 89.5 Å². The summed E-state index contributed by atoms with van der Waals surface area (Å²) in [7, 11) is 0. The Balaban J connectivity index is 1.54. The minimum Gasteiger partial charge on any atom is -0.490 e. The number of anilines is 1. The Bertz CT molecular complexity index is 1390. The van der Waals surface area contributed by atoms with Crippen molar-refractivity contribution in [2.24, 2.45) is 5.73 Å². The summed E-state index contributed by atoms with van der Waals surface area (Å²) in [6, 6.07) is 19.8. The first-order chi connectivity index (χ1) is 18.4. The van der Waals surface area contributed by atoms with Crippen LogP contribution in [0.4, 0.5) is 10.5 Å². The SMILES string of the molecule is CCOc1cc(/C=C2\C(=O)NC(=O)N(c3ccc(OCc4ccccc4)cc3)C2=O)ccc1OCC(N)=O. The second-order valence-corrected chi connectivity index (χ2v) is 8.12. The van der Waals surface area contributed by atoms with Gasteiger partial charge < -0.3 is 19.9 Å². The summed E-state index contributed by atoms with van der Waals surface area (Å²) in [4.78, 5) is 50.3. The summed E-state index contributed by atoms with van der Waals surface area (Å²) >= 11 is 0. The molecule has 0 unspecified atom stereocenters. The van der Waals surface area contributed by atoms with Gasteiger partial charge in [0.1, 0.15) is 17.9 Å². The van der Waals surface area contributed by atoms with E-state index in [1.807, 2.05) is 30.3 Å². The molecule has 4 rings (SSSR count). The number of urea groups is 1. The van der Waals surface area contributed by atoms with Gasteiger partial charge in [0.15, 0.2) is 18.1 Å². The topological polar surface area (TPSA) is 137 Å². The number of primary amides is 1. The lowest BCUT2D eigenvalue weighted by atomic mass is 10.1. The second kappa shape index (κ2) is 11.7. The molecule has 0 atom stereocenters. The van der Waals surface area contributed by atoms with Crippen LogP contribution in [0.3, 0.4) is 0 Å². The average molecular weight is 516 g/mol. The summed E-state index contributed by atoms with van der Waals surface area (Å²) in [6.07, 6.45) is 1.34. The molecule has 0 radical (unpaired) electrons. The van der Waals surface area contributed by atoms with E-state index in [0.717, 1.165) is 10.5 Å². The van der Waals surface area contributed by atoms with E-state index < -0.39 is 23.8 Å². The zero-order valence-electron chi connectivity index (χ0n) is 20.5. The number of barbiturate groups is 1. The Labute approximate surface area is 218 Å². The van der Waals surface area contributed by atoms with Crippen LogP contribution in [0, 0.1) is 0 Å². The van der Waals surface area contributed by atoms with Crippen LogP contribution in [0.15, 0.2) is 78.4 Å². The quantitative estimate of drug-likeness (QED) is 0.312. The Morgan fingerprint density at radius 2 is 1.66 bits per heavy atom. The number of amides is 5. The predicted molar refractivity (Wildman–Crippen MR) is 139 cm³/mol. The molecule has 1 saturated heterocycles. The van der Waals surface area contributed by atoms with Crippen molar-refractivity contribution < 1.29 is 33.4 Å². The lowest BCUT2D eigenvalue weighted by Gasteiger charge is -2.26. The number of rotatable bonds is 10. The first-order valence-electron chi connectivity index (χ1n) is 11.7. The van der Waals surface area contributed by atoms with Gasteiger partial charge in [0.25, 0.3) is 17.7 Å². The molecule has 1 heterocycles. The highest BCUT2D eigenvalue weighted by Crippen LogP contribution is 2.30. The molecule has 38 heavy (non-hydrogen) atoms. The largest absolute Gasteiger partial charge is 0.490 e. The van der Waals surface area contributed by atoms with Crippen molar-refractivity contribution in [1.29, 1.82) is 0 Å². The van der Waals surface area contributed by atoms with Crippen molar-refractivity contribution in [2.75, 3.05) is 18.1 Å². The third kappa shape index (κ3) is 6.16. The number of nitrogens with zero attached hydrogens (tertiary/aromatic N) is 1. The molecule has 3 N–H and O–H groups in total. The number of carbonyl (C=O) groups is 4. The molecule has 0 saturated carbocycles. The number of nitrogens with one attached hydrogen (secondary N) is 1. The van der Waals surface area contributed by atoms with Gasteiger partial charge in [-0.2, -0.15) is 0 Å². The molecule has 1 aliphatic heterocycles. The van der Waals surface area contributed by atoms with Crippen molar-refractivity contribution >= 4 is 35.5 Å². The summed E-state index contributed by atoms with van der Waals surface area (Å²) in [6.45, 7) is 2.09. The molecular weight excluding hydrogens is 490 g/mol. The standard InChI is InChI=1S/C28H25N3O7/c1-2-36-24-15-19(8-13-23(24)38-17-25(29)32)14-22-26(33)30-28(35)31(27(22)34)20-9-11-21(12-10-20)37-16-18-6-4-3-5-7-18/h3-15H,2,16-17H2,1H3,(H2,29,32)(H,30,33,35)/b22-14+. The molecule has 0 aliphatic carbocycles. The van der Waals surface area contributed by atoms with Crippen molar-refractivity contribution in [3.8, 4) is 17.2 Å². The lowest BCUT2D eigenvalue weighted by Crippen LogP contribution is -2.54. The number of nitrogens with two attached hydrogens (primary N) is 1. The summed E-state index contributed by atoms with van der Waals surface area (Å²) < 4.78 is 16.7. The zero-order chi connectivity index (χ0) is 27.1. The molecule has 5 amide bonds. The fourth-order valence-corrected chi connectivity index (χ4v) is 3.64. The fourth-order valence-electron chi connectivity index (χ4n) is 3.64. The van der Waals surface area contributed by atoms with E-state index in [2.05, 4.69) is 5.32 Å².